The molecular weight excluding hydrogens is 547 g/mol. The van der Waals surface area contributed by atoms with E-state index in [1.165, 1.54) is 12.1 Å². The molecule has 0 aromatic carbocycles. The number of nitrogens with zero attached hydrogens (tertiary/aromatic N) is 5. The molecule has 0 atom stereocenters. The summed E-state index contributed by atoms with van der Waals surface area (Å²) in [7, 11) is 1.56. The highest BCUT2D eigenvalue weighted by Crippen LogP contribution is 2.28. The number of hydrogen-bond acceptors (Lipinski definition) is 11. The highest BCUT2D eigenvalue weighted by molar-refractivity contribution is 6.35. The molecule has 0 aliphatic heterocycles. The van der Waals surface area contributed by atoms with Crippen LogP contribution in [0.1, 0.15) is 60.2 Å². The van der Waals surface area contributed by atoms with Crippen LogP contribution in [-0.2, 0) is 9.47 Å². The van der Waals surface area contributed by atoms with Crippen LogP contribution in [0.2, 0.25) is 15.3 Å². The molecule has 0 saturated heterocycles. The highest BCUT2D eigenvalue weighted by atomic mass is 35.5. The minimum Gasteiger partial charge on any atom is -0.481 e. The first-order valence-electron chi connectivity index (χ1n) is 11.0. The molecule has 3 aromatic heterocycles. The molecule has 3 heterocycles. The molecule has 37 heavy (non-hydrogen) atoms. The lowest BCUT2D eigenvalue weighted by Crippen LogP contribution is -2.12. The standard InChI is InChI=1S/C16H19ClN4O3.C7H6Cl2N2O2/c1-5-24-16(22)14-11(8-12(17)20-21-14)18-13-7-6-10(9(2)3)15(19-13)23-4;1-2-13-7(12)6-4(8)3-5(9)10-11-6/h6-9H,5H2,1-4H3,(H,18,19,20);3H,2H2,1H3. The normalized spacial score (nSPS) is 10.3. The zero-order valence-corrected chi connectivity index (χ0v) is 23.0. The Hall–Kier alpha value is -3.28. The third-order valence-electron chi connectivity index (χ3n) is 4.39. The van der Waals surface area contributed by atoms with Crippen LogP contribution in [0.15, 0.2) is 24.3 Å². The maximum atomic E-state index is 12.0. The van der Waals surface area contributed by atoms with Gasteiger partial charge in [0.25, 0.3) is 0 Å². The topological polar surface area (TPSA) is 138 Å². The number of pyridine rings is 1. The van der Waals surface area contributed by atoms with E-state index < -0.39 is 11.9 Å². The third-order valence-corrected chi connectivity index (χ3v) is 5.04. The molecule has 0 fully saturated rings. The third kappa shape index (κ3) is 8.66. The number of aromatic nitrogens is 5. The second kappa shape index (κ2) is 14.5. The molecule has 14 heteroatoms. The molecule has 0 saturated carbocycles. The first kappa shape index (κ1) is 29.9. The number of esters is 2. The summed E-state index contributed by atoms with van der Waals surface area (Å²) in [5.74, 6) is 0.0897. The fourth-order valence-corrected chi connectivity index (χ4v) is 3.33. The lowest BCUT2D eigenvalue weighted by Gasteiger charge is -2.14. The molecule has 1 N–H and O–H groups in total. The van der Waals surface area contributed by atoms with E-state index in [1.807, 2.05) is 6.07 Å². The lowest BCUT2D eigenvalue weighted by molar-refractivity contribution is 0.0509. The molecule has 0 radical (unpaired) electrons. The smallest absolute Gasteiger partial charge is 0.361 e. The van der Waals surface area contributed by atoms with Gasteiger partial charge in [-0.3, -0.25) is 0 Å². The van der Waals surface area contributed by atoms with E-state index in [-0.39, 0.29) is 45.8 Å². The summed E-state index contributed by atoms with van der Waals surface area (Å²) in [5, 5.41) is 17.9. The average Bonchev–Trinajstić information content (AvgIpc) is 2.84. The number of rotatable bonds is 8. The monoisotopic (exact) mass is 570 g/mol. The van der Waals surface area contributed by atoms with Crippen molar-refractivity contribution in [3.8, 4) is 5.88 Å². The zero-order valence-electron chi connectivity index (χ0n) is 20.7. The van der Waals surface area contributed by atoms with Crippen LogP contribution in [-0.4, -0.2) is 57.6 Å². The second-order valence-corrected chi connectivity index (χ2v) is 8.49. The number of hydrogen-bond donors (Lipinski definition) is 1. The van der Waals surface area contributed by atoms with Crippen LogP contribution in [0.25, 0.3) is 0 Å². The van der Waals surface area contributed by atoms with Gasteiger partial charge in [-0.2, -0.15) is 4.98 Å². The summed E-state index contributed by atoms with van der Waals surface area (Å²) >= 11 is 17.0. The van der Waals surface area contributed by atoms with Gasteiger partial charge in [0, 0.05) is 11.6 Å². The van der Waals surface area contributed by atoms with E-state index in [9.17, 15) is 9.59 Å². The Balaban J connectivity index is 0.000000312. The Labute approximate surface area is 228 Å². The largest absolute Gasteiger partial charge is 0.481 e. The van der Waals surface area contributed by atoms with Crippen molar-refractivity contribution in [2.45, 2.75) is 33.6 Å². The molecule has 0 spiro atoms. The van der Waals surface area contributed by atoms with E-state index >= 15 is 0 Å². The van der Waals surface area contributed by atoms with Gasteiger partial charge in [0.1, 0.15) is 5.82 Å². The van der Waals surface area contributed by atoms with E-state index in [1.54, 1.807) is 27.0 Å². The Morgan fingerprint density at radius 3 is 2.00 bits per heavy atom. The molecule has 3 rings (SSSR count). The summed E-state index contributed by atoms with van der Waals surface area (Å²) < 4.78 is 15.0. The molecule has 0 bridgehead atoms. The van der Waals surface area contributed by atoms with Crippen LogP contribution in [0, 0.1) is 0 Å². The Kier molecular flexibility index (Phi) is 11.7. The molecule has 198 valence electrons. The van der Waals surface area contributed by atoms with Crippen LogP contribution < -0.4 is 10.1 Å². The van der Waals surface area contributed by atoms with E-state index in [4.69, 9.17) is 44.3 Å². The van der Waals surface area contributed by atoms with Crippen LogP contribution >= 0.6 is 34.8 Å². The van der Waals surface area contributed by atoms with Gasteiger partial charge in [-0.1, -0.05) is 48.7 Å². The van der Waals surface area contributed by atoms with Gasteiger partial charge < -0.3 is 19.5 Å². The second-order valence-electron chi connectivity index (χ2n) is 7.31. The number of nitrogens with one attached hydrogen (secondary N) is 1. The molecular formula is C23H25Cl3N6O5. The first-order valence-corrected chi connectivity index (χ1v) is 12.1. The number of methoxy groups -OCH3 is 1. The van der Waals surface area contributed by atoms with Crippen LogP contribution in [0.5, 0.6) is 5.88 Å². The van der Waals surface area contributed by atoms with Crippen molar-refractivity contribution in [2.75, 3.05) is 25.6 Å². The van der Waals surface area contributed by atoms with Gasteiger partial charge in [0.15, 0.2) is 21.7 Å². The Morgan fingerprint density at radius 2 is 1.46 bits per heavy atom. The first-order chi connectivity index (χ1) is 17.6. The van der Waals surface area contributed by atoms with Gasteiger partial charge in [-0.25, -0.2) is 9.59 Å². The van der Waals surface area contributed by atoms with Crippen molar-refractivity contribution in [1.82, 2.24) is 25.4 Å². The number of halogens is 3. The maximum Gasteiger partial charge on any atom is 0.361 e. The highest BCUT2D eigenvalue weighted by Gasteiger charge is 2.18. The predicted molar refractivity (Wildman–Crippen MR) is 139 cm³/mol. The van der Waals surface area contributed by atoms with Crippen molar-refractivity contribution in [1.29, 1.82) is 0 Å². The summed E-state index contributed by atoms with van der Waals surface area (Å²) in [4.78, 5) is 27.5. The SMILES string of the molecule is CCOC(=O)c1nnc(Cl)cc1Cl.CCOC(=O)c1nnc(Cl)cc1Nc1ccc(C(C)C)c(OC)n1. The van der Waals surface area contributed by atoms with Crippen molar-refractivity contribution in [3.05, 3.63) is 56.5 Å². The van der Waals surface area contributed by atoms with E-state index in [0.29, 0.717) is 17.4 Å². The molecule has 0 aliphatic carbocycles. The van der Waals surface area contributed by atoms with Gasteiger partial charge in [-0.15, -0.1) is 20.4 Å². The van der Waals surface area contributed by atoms with E-state index in [2.05, 4.69) is 49.3 Å². The van der Waals surface area contributed by atoms with Crippen LogP contribution in [0.3, 0.4) is 0 Å². The lowest BCUT2D eigenvalue weighted by atomic mass is 10.1. The summed E-state index contributed by atoms with van der Waals surface area (Å²) in [6, 6.07) is 6.54. The van der Waals surface area contributed by atoms with Crippen molar-refractivity contribution in [3.63, 3.8) is 0 Å². The number of carbonyl (C=O) groups excluding carboxylic acids is 2. The quantitative estimate of drug-likeness (QED) is 0.341. The van der Waals surface area contributed by atoms with Crippen molar-refractivity contribution in [2.24, 2.45) is 0 Å². The Morgan fingerprint density at radius 1 is 0.892 bits per heavy atom. The zero-order chi connectivity index (χ0) is 27.5. The van der Waals surface area contributed by atoms with Gasteiger partial charge >= 0.3 is 11.9 Å². The minimum absolute atomic E-state index is 0.0204. The van der Waals surface area contributed by atoms with Crippen molar-refractivity contribution < 1.29 is 23.8 Å². The fourth-order valence-electron chi connectivity index (χ4n) is 2.76. The van der Waals surface area contributed by atoms with Gasteiger partial charge in [0.2, 0.25) is 5.88 Å². The molecule has 0 unspecified atom stereocenters. The maximum absolute atomic E-state index is 12.0. The van der Waals surface area contributed by atoms with Crippen LogP contribution in [0.4, 0.5) is 11.5 Å². The summed E-state index contributed by atoms with van der Waals surface area (Å²) in [5.41, 5.74) is 1.36. The predicted octanol–water partition coefficient (Wildman–Crippen LogP) is 5.54. The summed E-state index contributed by atoms with van der Waals surface area (Å²) in [6.45, 7) is 8.01. The fraction of sp³-hybridized carbons (Fsp3) is 0.348. The number of ether oxygens (including phenoxy) is 3. The average molecular weight is 572 g/mol. The summed E-state index contributed by atoms with van der Waals surface area (Å²) in [6.07, 6.45) is 0. The van der Waals surface area contributed by atoms with E-state index in [0.717, 1.165) is 5.56 Å². The molecule has 3 aromatic rings. The Bertz CT molecular complexity index is 1250. The van der Waals surface area contributed by atoms with Gasteiger partial charge in [-0.05, 0) is 38.0 Å². The van der Waals surface area contributed by atoms with Crippen molar-refractivity contribution >= 4 is 58.2 Å². The molecule has 0 aliphatic rings. The molecule has 11 nitrogen and oxygen atoms in total. The number of anilines is 2. The molecule has 0 amide bonds. The van der Waals surface area contributed by atoms with Gasteiger partial charge in [0.05, 0.1) is 31.0 Å². The minimum atomic E-state index is -0.600. The number of carbonyl (C=O) groups is 2.